The van der Waals surface area contributed by atoms with Crippen molar-refractivity contribution in [3.63, 3.8) is 0 Å². The van der Waals surface area contributed by atoms with Crippen LogP contribution in [0.3, 0.4) is 0 Å². The summed E-state index contributed by atoms with van der Waals surface area (Å²) in [5, 5.41) is 4.42. The Morgan fingerprint density at radius 2 is 2.11 bits per heavy atom. The Kier molecular flexibility index (Phi) is 3.66. The topological polar surface area (TPSA) is 69.6 Å². The predicted molar refractivity (Wildman–Crippen MR) is 73.8 cm³/mol. The van der Waals surface area contributed by atoms with E-state index in [1.54, 1.807) is 10.9 Å². The molecule has 0 saturated heterocycles. The minimum absolute atomic E-state index is 0.345. The molecule has 0 aliphatic rings. The Morgan fingerprint density at radius 1 is 1.33 bits per heavy atom. The molecule has 2 aromatic heterocycles. The van der Waals surface area contributed by atoms with Gasteiger partial charge in [0, 0.05) is 24.6 Å². The summed E-state index contributed by atoms with van der Waals surface area (Å²) in [6, 6.07) is 3.69. The van der Waals surface area contributed by atoms with Crippen LogP contribution in [0.2, 0.25) is 0 Å². The SMILES string of the molecule is CCc1nc(CC)n(-c2ccc(C(N)=S)cn2)n1. The molecule has 0 atom stereocenters. The van der Waals surface area contributed by atoms with Gasteiger partial charge >= 0.3 is 0 Å². The Bertz CT molecular complexity index is 558. The van der Waals surface area contributed by atoms with E-state index < -0.39 is 0 Å². The lowest BCUT2D eigenvalue weighted by Crippen LogP contribution is -2.11. The van der Waals surface area contributed by atoms with Crippen LogP contribution in [0.1, 0.15) is 31.1 Å². The van der Waals surface area contributed by atoms with Crippen LogP contribution in [0.25, 0.3) is 5.82 Å². The second-order valence-electron chi connectivity index (χ2n) is 3.83. The van der Waals surface area contributed by atoms with Crippen LogP contribution in [0.5, 0.6) is 0 Å². The molecule has 6 heteroatoms. The number of thiocarbonyl (C=S) groups is 1. The number of rotatable bonds is 4. The average Bonchev–Trinajstić information content (AvgIpc) is 2.82. The molecule has 18 heavy (non-hydrogen) atoms. The van der Waals surface area contributed by atoms with E-state index in [4.69, 9.17) is 18.0 Å². The molecule has 0 aliphatic heterocycles. The van der Waals surface area contributed by atoms with Crippen molar-refractivity contribution >= 4 is 17.2 Å². The summed E-state index contributed by atoms with van der Waals surface area (Å²) < 4.78 is 1.77. The lowest BCUT2D eigenvalue weighted by atomic mass is 10.3. The minimum Gasteiger partial charge on any atom is -0.389 e. The number of pyridine rings is 1. The van der Waals surface area contributed by atoms with Gasteiger partial charge in [0.25, 0.3) is 0 Å². The van der Waals surface area contributed by atoms with Crippen molar-refractivity contribution in [1.29, 1.82) is 0 Å². The average molecular weight is 261 g/mol. The van der Waals surface area contributed by atoms with Crippen LogP contribution in [-0.4, -0.2) is 24.7 Å². The second kappa shape index (κ2) is 5.22. The highest BCUT2D eigenvalue weighted by Gasteiger charge is 2.10. The standard InChI is InChI=1S/C12H15N5S/c1-3-9-15-10(4-2)17(16-9)11-6-5-8(7-14-11)12(13)18/h5-7H,3-4H2,1-2H3,(H2,13,18). The molecule has 94 valence electrons. The summed E-state index contributed by atoms with van der Waals surface area (Å²) >= 11 is 4.90. The highest BCUT2D eigenvalue weighted by atomic mass is 32.1. The van der Waals surface area contributed by atoms with Crippen molar-refractivity contribution in [2.75, 3.05) is 0 Å². The van der Waals surface area contributed by atoms with Crippen LogP contribution in [-0.2, 0) is 12.8 Å². The molecule has 0 fully saturated rings. The smallest absolute Gasteiger partial charge is 0.155 e. The molecule has 0 bridgehead atoms. The zero-order chi connectivity index (χ0) is 13.1. The van der Waals surface area contributed by atoms with Gasteiger partial charge in [-0.15, -0.1) is 5.10 Å². The molecular weight excluding hydrogens is 246 g/mol. The summed E-state index contributed by atoms with van der Waals surface area (Å²) in [6.45, 7) is 4.08. The third-order valence-electron chi connectivity index (χ3n) is 2.60. The first-order valence-electron chi connectivity index (χ1n) is 5.86. The molecule has 0 aromatic carbocycles. The maximum absolute atomic E-state index is 5.54. The largest absolute Gasteiger partial charge is 0.389 e. The van der Waals surface area contributed by atoms with Gasteiger partial charge in [0.2, 0.25) is 0 Å². The highest BCUT2D eigenvalue weighted by molar-refractivity contribution is 7.80. The molecule has 0 unspecified atom stereocenters. The van der Waals surface area contributed by atoms with Gasteiger partial charge in [0.15, 0.2) is 11.6 Å². The first kappa shape index (κ1) is 12.6. The maximum Gasteiger partial charge on any atom is 0.155 e. The number of aryl methyl sites for hydroxylation is 2. The maximum atomic E-state index is 5.54. The van der Waals surface area contributed by atoms with Gasteiger partial charge in [-0.05, 0) is 12.1 Å². The Labute approximate surface area is 111 Å². The third-order valence-corrected chi connectivity index (χ3v) is 2.84. The fourth-order valence-electron chi connectivity index (χ4n) is 1.61. The lowest BCUT2D eigenvalue weighted by Gasteiger charge is -2.04. The summed E-state index contributed by atoms with van der Waals surface area (Å²) in [6.07, 6.45) is 3.28. The molecule has 0 radical (unpaired) electrons. The predicted octanol–water partition coefficient (Wildman–Crippen LogP) is 1.42. The van der Waals surface area contributed by atoms with E-state index in [0.717, 1.165) is 35.9 Å². The van der Waals surface area contributed by atoms with Gasteiger partial charge in [-0.3, -0.25) is 0 Å². The number of hydrogen-bond donors (Lipinski definition) is 1. The van der Waals surface area contributed by atoms with Gasteiger partial charge in [-0.2, -0.15) is 4.68 Å². The van der Waals surface area contributed by atoms with Crippen LogP contribution in [0.15, 0.2) is 18.3 Å². The molecule has 2 rings (SSSR count). The lowest BCUT2D eigenvalue weighted by molar-refractivity contribution is 0.769. The van der Waals surface area contributed by atoms with E-state index in [1.807, 2.05) is 26.0 Å². The summed E-state index contributed by atoms with van der Waals surface area (Å²) in [5.41, 5.74) is 6.29. The summed E-state index contributed by atoms with van der Waals surface area (Å²) in [4.78, 5) is 9.11. The number of hydrogen-bond acceptors (Lipinski definition) is 4. The highest BCUT2D eigenvalue weighted by Crippen LogP contribution is 2.09. The van der Waals surface area contributed by atoms with Gasteiger partial charge in [-0.25, -0.2) is 9.97 Å². The van der Waals surface area contributed by atoms with Gasteiger partial charge in [-0.1, -0.05) is 26.1 Å². The monoisotopic (exact) mass is 261 g/mol. The molecule has 0 aliphatic carbocycles. The molecule has 0 spiro atoms. The Morgan fingerprint density at radius 3 is 2.61 bits per heavy atom. The van der Waals surface area contributed by atoms with Gasteiger partial charge < -0.3 is 5.73 Å². The van der Waals surface area contributed by atoms with Crippen molar-refractivity contribution in [2.45, 2.75) is 26.7 Å². The van der Waals surface area contributed by atoms with E-state index in [0.29, 0.717) is 4.99 Å². The normalized spacial score (nSPS) is 10.6. The molecule has 2 N–H and O–H groups in total. The number of nitrogens with two attached hydrogens (primary N) is 1. The molecular formula is C12H15N5S. The fourth-order valence-corrected chi connectivity index (χ4v) is 1.73. The summed E-state index contributed by atoms with van der Waals surface area (Å²) in [7, 11) is 0. The van der Waals surface area contributed by atoms with Crippen LogP contribution >= 0.6 is 12.2 Å². The van der Waals surface area contributed by atoms with E-state index in [9.17, 15) is 0 Å². The number of aromatic nitrogens is 4. The minimum atomic E-state index is 0.345. The van der Waals surface area contributed by atoms with Crippen molar-refractivity contribution in [3.8, 4) is 5.82 Å². The van der Waals surface area contributed by atoms with Crippen LogP contribution < -0.4 is 5.73 Å². The zero-order valence-electron chi connectivity index (χ0n) is 10.4. The fraction of sp³-hybridized carbons (Fsp3) is 0.333. The van der Waals surface area contributed by atoms with Crippen molar-refractivity contribution in [3.05, 3.63) is 35.5 Å². The van der Waals surface area contributed by atoms with Crippen LogP contribution in [0.4, 0.5) is 0 Å². The summed E-state index contributed by atoms with van der Waals surface area (Å²) in [5.74, 6) is 2.47. The molecule has 2 heterocycles. The third kappa shape index (κ3) is 2.38. The van der Waals surface area contributed by atoms with Crippen LogP contribution in [0, 0.1) is 0 Å². The first-order chi connectivity index (χ1) is 8.65. The van der Waals surface area contributed by atoms with Crippen molar-refractivity contribution in [1.82, 2.24) is 19.7 Å². The second-order valence-corrected chi connectivity index (χ2v) is 4.27. The Balaban J connectivity index is 2.41. The van der Waals surface area contributed by atoms with Crippen molar-refractivity contribution in [2.24, 2.45) is 5.73 Å². The molecule has 0 amide bonds. The quantitative estimate of drug-likeness (QED) is 0.843. The zero-order valence-corrected chi connectivity index (χ0v) is 11.2. The molecule has 0 saturated carbocycles. The van der Waals surface area contributed by atoms with E-state index >= 15 is 0 Å². The van der Waals surface area contributed by atoms with E-state index in [1.165, 1.54) is 0 Å². The van der Waals surface area contributed by atoms with Gasteiger partial charge in [0.05, 0.1) is 0 Å². The van der Waals surface area contributed by atoms with Gasteiger partial charge in [0.1, 0.15) is 10.8 Å². The first-order valence-corrected chi connectivity index (χ1v) is 6.27. The Hall–Kier alpha value is -1.82. The molecule has 5 nitrogen and oxygen atoms in total. The van der Waals surface area contributed by atoms with E-state index in [2.05, 4.69) is 15.1 Å². The van der Waals surface area contributed by atoms with E-state index in [-0.39, 0.29) is 0 Å². The van der Waals surface area contributed by atoms with Crippen molar-refractivity contribution < 1.29 is 0 Å². The number of nitrogens with zero attached hydrogens (tertiary/aromatic N) is 4. The molecule has 2 aromatic rings.